The number of nitrogens with one attached hydrogen (secondary N) is 1. The fraction of sp³-hybridized carbons (Fsp3) is 0.250. The van der Waals surface area contributed by atoms with E-state index in [0.29, 0.717) is 22.1 Å². The Labute approximate surface area is 177 Å². The van der Waals surface area contributed by atoms with E-state index >= 15 is 0 Å². The summed E-state index contributed by atoms with van der Waals surface area (Å²) < 4.78 is 5.08. The number of anilines is 2. The number of carbonyl (C=O) groups is 3. The van der Waals surface area contributed by atoms with Crippen LogP contribution >= 0.6 is 11.6 Å². The quantitative estimate of drug-likeness (QED) is 0.738. The highest BCUT2D eigenvalue weighted by Crippen LogP contribution is 2.32. The number of methoxy groups -OCH3 is 1. The van der Waals surface area contributed by atoms with Crippen molar-refractivity contribution >= 4 is 40.7 Å². The van der Waals surface area contributed by atoms with Gasteiger partial charge in [-0.25, -0.2) is 4.90 Å². The first-order chi connectivity index (χ1) is 14.4. The summed E-state index contributed by atoms with van der Waals surface area (Å²) >= 11 is 6.07. The average molecular weight is 428 g/mol. The third kappa shape index (κ3) is 3.48. The molecule has 10 heteroatoms. The minimum atomic E-state index is -0.956. The van der Waals surface area contributed by atoms with Crippen LogP contribution < -0.4 is 15.0 Å². The molecule has 1 saturated heterocycles. The highest BCUT2D eigenvalue weighted by Gasteiger charge is 2.55. The van der Waals surface area contributed by atoms with Crippen LogP contribution in [0.1, 0.15) is 5.56 Å². The van der Waals surface area contributed by atoms with Crippen molar-refractivity contribution in [1.29, 1.82) is 0 Å². The van der Waals surface area contributed by atoms with Crippen LogP contribution in [-0.4, -0.2) is 48.5 Å². The van der Waals surface area contributed by atoms with Crippen molar-refractivity contribution in [2.75, 3.05) is 23.9 Å². The molecule has 1 N–H and O–H groups in total. The van der Waals surface area contributed by atoms with Crippen LogP contribution in [0, 0.1) is 6.92 Å². The normalized spacial score (nSPS) is 20.0. The highest BCUT2D eigenvalue weighted by atomic mass is 35.5. The molecule has 0 spiro atoms. The fourth-order valence-electron chi connectivity index (χ4n) is 3.39. The van der Waals surface area contributed by atoms with E-state index in [-0.39, 0.29) is 6.54 Å². The summed E-state index contributed by atoms with van der Waals surface area (Å²) in [5.41, 5.74) is 1.95. The molecule has 154 valence electrons. The second kappa shape index (κ2) is 7.75. The molecule has 2 aliphatic rings. The lowest BCUT2D eigenvalue weighted by Gasteiger charge is -2.20. The summed E-state index contributed by atoms with van der Waals surface area (Å²) in [6.07, 6.45) is 0. The zero-order chi connectivity index (χ0) is 21.4. The minimum Gasteiger partial charge on any atom is -0.495 e. The molecule has 4 rings (SSSR count). The number of benzene rings is 2. The maximum atomic E-state index is 12.9. The Bertz CT molecular complexity index is 1060. The molecule has 30 heavy (non-hydrogen) atoms. The molecule has 9 nitrogen and oxygen atoms in total. The Kier molecular flexibility index (Phi) is 5.13. The third-order valence-electron chi connectivity index (χ3n) is 4.89. The number of hydrogen-bond acceptors (Lipinski definition) is 7. The number of rotatable bonds is 5. The lowest BCUT2D eigenvalue weighted by Crippen LogP contribution is -2.43. The Hall–Kier alpha value is -3.46. The molecular weight excluding hydrogens is 410 g/mol. The van der Waals surface area contributed by atoms with Gasteiger partial charge in [0.15, 0.2) is 12.1 Å². The summed E-state index contributed by atoms with van der Waals surface area (Å²) in [5, 5.41) is 12.1. The van der Waals surface area contributed by atoms with Crippen molar-refractivity contribution < 1.29 is 19.1 Å². The summed E-state index contributed by atoms with van der Waals surface area (Å²) in [4.78, 5) is 39.2. The Morgan fingerprint density at radius 1 is 1.17 bits per heavy atom. The molecule has 0 bridgehead atoms. The Balaban J connectivity index is 1.46. The summed E-state index contributed by atoms with van der Waals surface area (Å²) in [6, 6.07) is 9.96. The first-order valence-electron chi connectivity index (χ1n) is 9.14. The molecule has 2 aromatic carbocycles. The van der Waals surface area contributed by atoms with E-state index in [1.807, 2.05) is 19.1 Å². The smallest absolute Gasteiger partial charge is 0.263 e. The highest BCUT2D eigenvalue weighted by molar-refractivity contribution is 6.32. The molecule has 2 aromatic rings. The molecule has 1 fully saturated rings. The van der Waals surface area contributed by atoms with E-state index in [4.69, 9.17) is 16.3 Å². The van der Waals surface area contributed by atoms with Gasteiger partial charge in [-0.05, 0) is 37.3 Å². The maximum absolute atomic E-state index is 12.9. The van der Waals surface area contributed by atoms with Crippen LogP contribution in [0.15, 0.2) is 52.8 Å². The predicted molar refractivity (Wildman–Crippen MR) is 109 cm³/mol. The number of aryl methyl sites for hydroxylation is 1. The molecule has 0 saturated carbocycles. The van der Waals surface area contributed by atoms with Gasteiger partial charge in [0, 0.05) is 5.69 Å². The average Bonchev–Trinajstić information content (AvgIpc) is 3.23. The van der Waals surface area contributed by atoms with Gasteiger partial charge in [0.25, 0.3) is 11.8 Å². The van der Waals surface area contributed by atoms with Gasteiger partial charge in [0.1, 0.15) is 12.3 Å². The molecule has 2 aliphatic heterocycles. The molecular formula is C20H18ClN5O4. The molecule has 2 heterocycles. The lowest BCUT2D eigenvalue weighted by atomic mass is 10.1. The number of imide groups is 1. The number of hydrogen-bond donors (Lipinski definition) is 1. The van der Waals surface area contributed by atoms with Crippen LogP contribution in [0.4, 0.5) is 11.4 Å². The van der Waals surface area contributed by atoms with Crippen LogP contribution in [0.5, 0.6) is 5.75 Å². The maximum Gasteiger partial charge on any atom is 0.263 e. The van der Waals surface area contributed by atoms with Gasteiger partial charge in [0.2, 0.25) is 5.91 Å². The Morgan fingerprint density at radius 3 is 2.57 bits per heavy atom. The van der Waals surface area contributed by atoms with E-state index in [1.54, 1.807) is 30.3 Å². The van der Waals surface area contributed by atoms with Crippen molar-refractivity contribution in [3.63, 3.8) is 0 Å². The van der Waals surface area contributed by atoms with Crippen molar-refractivity contribution in [2.24, 2.45) is 10.3 Å². The number of amides is 3. The van der Waals surface area contributed by atoms with Crippen molar-refractivity contribution in [1.82, 2.24) is 5.01 Å². The SMILES string of the molecule is COc1ccc(NC(=O)CN2N=N[C@@H]3C(=O)N(c4ccc(C)cc4)C(=O)[C@H]32)cc1Cl. The van der Waals surface area contributed by atoms with Crippen molar-refractivity contribution in [3.05, 3.63) is 53.1 Å². The molecule has 0 unspecified atom stereocenters. The number of halogens is 1. The summed E-state index contributed by atoms with van der Waals surface area (Å²) in [7, 11) is 1.49. The van der Waals surface area contributed by atoms with Gasteiger partial charge in [-0.1, -0.05) is 34.5 Å². The van der Waals surface area contributed by atoms with E-state index < -0.39 is 29.8 Å². The predicted octanol–water partition coefficient (Wildman–Crippen LogP) is 2.59. The first-order valence-corrected chi connectivity index (χ1v) is 9.52. The van der Waals surface area contributed by atoms with Crippen LogP contribution in [0.3, 0.4) is 0 Å². The number of carbonyl (C=O) groups excluding carboxylic acids is 3. The number of fused-ring (bicyclic) bond motifs is 1. The topological polar surface area (TPSA) is 104 Å². The van der Waals surface area contributed by atoms with E-state index in [9.17, 15) is 14.4 Å². The number of nitrogens with zero attached hydrogens (tertiary/aromatic N) is 4. The van der Waals surface area contributed by atoms with Crippen LogP contribution in [-0.2, 0) is 14.4 Å². The van der Waals surface area contributed by atoms with Crippen LogP contribution in [0.2, 0.25) is 5.02 Å². The largest absolute Gasteiger partial charge is 0.495 e. The van der Waals surface area contributed by atoms with Gasteiger partial charge < -0.3 is 10.1 Å². The van der Waals surface area contributed by atoms with Crippen LogP contribution in [0.25, 0.3) is 0 Å². The van der Waals surface area contributed by atoms with Gasteiger partial charge in [-0.2, -0.15) is 5.11 Å². The third-order valence-corrected chi connectivity index (χ3v) is 5.19. The fourth-order valence-corrected chi connectivity index (χ4v) is 3.65. The molecule has 0 radical (unpaired) electrons. The number of ether oxygens (including phenoxy) is 1. The summed E-state index contributed by atoms with van der Waals surface area (Å²) in [6.45, 7) is 1.67. The zero-order valence-electron chi connectivity index (χ0n) is 16.2. The summed E-state index contributed by atoms with van der Waals surface area (Å²) in [5.74, 6) is -0.858. The monoisotopic (exact) mass is 427 g/mol. The van der Waals surface area contributed by atoms with Crippen molar-refractivity contribution in [3.8, 4) is 5.75 Å². The van der Waals surface area contributed by atoms with E-state index in [1.165, 1.54) is 12.1 Å². The van der Waals surface area contributed by atoms with E-state index in [0.717, 1.165) is 10.5 Å². The van der Waals surface area contributed by atoms with Gasteiger partial charge in [-0.15, -0.1) is 0 Å². The van der Waals surface area contributed by atoms with Gasteiger partial charge >= 0.3 is 0 Å². The minimum absolute atomic E-state index is 0.241. The first kappa shape index (κ1) is 19.8. The van der Waals surface area contributed by atoms with E-state index in [2.05, 4.69) is 15.7 Å². The zero-order valence-corrected chi connectivity index (χ0v) is 17.0. The van der Waals surface area contributed by atoms with Crippen molar-refractivity contribution in [2.45, 2.75) is 19.0 Å². The molecule has 2 atom stereocenters. The van der Waals surface area contributed by atoms with Gasteiger partial charge in [0.05, 0.1) is 17.8 Å². The standard InChI is InChI=1S/C20H18ClN5O4/c1-11-3-6-13(7-4-11)26-19(28)17-18(20(26)29)25(24-23-17)10-16(27)22-12-5-8-15(30-2)14(21)9-12/h3-9,17-18H,10H2,1-2H3,(H,22,27)/t17-,18-/m0/s1. The lowest BCUT2D eigenvalue weighted by molar-refractivity contribution is -0.123. The molecule has 0 aromatic heterocycles. The second-order valence-electron chi connectivity index (χ2n) is 6.94. The molecule has 0 aliphatic carbocycles. The molecule has 3 amide bonds. The Morgan fingerprint density at radius 2 is 1.90 bits per heavy atom. The van der Waals surface area contributed by atoms with Gasteiger partial charge in [-0.3, -0.25) is 19.4 Å². The second-order valence-corrected chi connectivity index (χ2v) is 7.34.